The molecule has 4 nitrogen and oxygen atoms in total. The number of nitro groups is 1. The summed E-state index contributed by atoms with van der Waals surface area (Å²) in [6, 6.07) is 25.3. The summed E-state index contributed by atoms with van der Waals surface area (Å²) in [6.07, 6.45) is 2.45. The van der Waals surface area contributed by atoms with Crippen molar-refractivity contribution in [2.24, 2.45) is 0 Å². The fraction of sp³-hybridized carbons (Fsp3) is 0.0476. The molecule has 4 heteroatoms. The number of rotatable bonds is 6. The predicted molar refractivity (Wildman–Crippen MR) is 98.7 cm³/mol. The van der Waals surface area contributed by atoms with Gasteiger partial charge in [-0.3, -0.25) is 10.1 Å². The summed E-state index contributed by atoms with van der Waals surface area (Å²) in [5, 5.41) is 10.6. The average molecular weight is 331 g/mol. The second kappa shape index (κ2) is 7.93. The van der Waals surface area contributed by atoms with Crippen molar-refractivity contribution >= 4 is 6.08 Å². The monoisotopic (exact) mass is 331 g/mol. The SMILES string of the molecule is O=[N+]([O-])/C=C/c1ccc(OCc2ccccc2)cc1-c1ccccc1. The first-order valence-electron chi connectivity index (χ1n) is 7.90. The maximum absolute atomic E-state index is 10.6. The molecule has 0 saturated carbocycles. The minimum atomic E-state index is -0.464. The van der Waals surface area contributed by atoms with Crippen LogP contribution in [0.15, 0.2) is 85.1 Å². The van der Waals surface area contributed by atoms with Gasteiger partial charge in [0.25, 0.3) is 0 Å². The molecule has 124 valence electrons. The number of hydrogen-bond donors (Lipinski definition) is 0. The quantitative estimate of drug-likeness (QED) is 0.462. The maximum Gasteiger partial charge on any atom is 0.235 e. The Bertz CT molecular complexity index is 874. The third kappa shape index (κ3) is 4.54. The van der Waals surface area contributed by atoms with E-state index in [1.54, 1.807) is 0 Å². The van der Waals surface area contributed by atoms with Crippen molar-refractivity contribution in [3.05, 3.63) is 106 Å². The molecule has 0 bridgehead atoms. The van der Waals surface area contributed by atoms with Crippen molar-refractivity contribution in [1.29, 1.82) is 0 Å². The molecule has 0 fully saturated rings. The molecular weight excluding hydrogens is 314 g/mol. The molecule has 0 saturated heterocycles. The molecule has 0 spiro atoms. The van der Waals surface area contributed by atoms with Gasteiger partial charge >= 0.3 is 0 Å². The first-order valence-corrected chi connectivity index (χ1v) is 7.90. The molecule has 0 aliphatic rings. The number of benzene rings is 3. The van der Waals surface area contributed by atoms with Gasteiger partial charge in [-0.25, -0.2) is 0 Å². The van der Waals surface area contributed by atoms with Gasteiger partial charge in [-0.2, -0.15) is 0 Å². The molecule has 0 N–H and O–H groups in total. The molecule has 0 heterocycles. The average Bonchev–Trinajstić information content (AvgIpc) is 2.66. The van der Waals surface area contributed by atoms with Crippen LogP contribution >= 0.6 is 0 Å². The molecule has 3 rings (SSSR count). The van der Waals surface area contributed by atoms with E-state index >= 15 is 0 Å². The van der Waals surface area contributed by atoms with Crippen LogP contribution in [0, 0.1) is 10.1 Å². The minimum Gasteiger partial charge on any atom is -0.489 e. The fourth-order valence-electron chi connectivity index (χ4n) is 2.52. The lowest BCUT2D eigenvalue weighted by atomic mass is 9.99. The summed E-state index contributed by atoms with van der Waals surface area (Å²) in [7, 11) is 0. The van der Waals surface area contributed by atoms with Crippen molar-refractivity contribution in [2.75, 3.05) is 0 Å². The van der Waals surface area contributed by atoms with Crippen LogP contribution in [-0.2, 0) is 6.61 Å². The van der Waals surface area contributed by atoms with Crippen molar-refractivity contribution in [3.8, 4) is 16.9 Å². The smallest absolute Gasteiger partial charge is 0.235 e. The molecule has 0 aliphatic carbocycles. The standard InChI is InChI=1S/C21H17NO3/c23-22(24)14-13-19-11-12-20(25-16-17-7-3-1-4-8-17)15-21(19)18-9-5-2-6-10-18/h1-15H,16H2/b14-13+. The van der Waals surface area contributed by atoms with Gasteiger partial charge < -0.3 is 4.74 Å². The zero-order valence-electron chi connectivity index (χ0n) is 13.5. The third-order valence-electron chi connectivity index (χ3n) is 3.73. The van der Waals surface area contributed by atoms with E-state index in [4.69, 9.17) is 4.74 Å². The van der Waals surface area contributed by atoms with E-state index in [1.807, 2.05) is 78.9 Å². The first-order chi connectivity index (χ1) is 12.2. The van der Waals surface area contributed by atoms with E-state index in [0.717, 1.165) is 34.2 Å². The van der Waals surface area contributed by atoms with Crippen LogP contribution in [0.4, 0.5) is 0 Å². The molecule has 3 aromatic rings. The highest BCUT2D eigenvalue weighted by Gasteiger charge is 2.07. The molecule has 25 heavy (non-hydrogen) atoms. The Morgan fingerprint density at radius 3 is 2.28 bits per heavy atom. The number of nitrogens with zero attached hydrogens (tertiary/aromatic N) is 1. The Morgan fingerprint density at radius 2 is 1.60 bits per heavy atom. The summed E-state index contributed by atoms with van der Waals surface area (Å²) < 4.78 is 5.88. The van der Waals surface area contributed by atoms with E-state index in [0.29, 0.717) is 6.61 Å². The van der Waals surface area contributed by atoms with Gasteiger partial charge in [0.1, 0.15) is 12.4 Å². The van der Waals surface area contributed by atoms with E-state index in [-0.39, 0.29) is 0 Å². The highest BCUT2D eigenvalue weighted by molar-refractivity contribution is 5.76. The summed E-state index contributed by atoms with van der Waals surface area (Å²) in [5.74, 6) is 0.723. The van der Waals surface area contributed by atoms with Gasteiger partial charge in [0, 0.05) is 6.08 Å². The lowest BCUT2D eigenvalue weighted by molar-refractivity contribution is -0.400. The Kier molecular flexibility index (Phi) is 5.22. The number of ether oxygens (including phenoxy) is 1. The molecular formula is C21H17NO3. The van der Waals surface area contributed by atoms with Crippen LogP contribution in [0.5, 0.6) is 5.75 Å². The highest BCUT2D eigenvalue weighted by Crippen LogP contribution is 2.29. The zero-order chi connectivity index (χ0) is 17.5. The second-order valence-corrected chi connectivity index (χ2v) is 5.49. The van der Waals surface area contributed by atoms with Gasteiger partial charge in [0.15, 0.2) is 0 Å². The maximum atomic E-state index is 10.6. The fourth-order valence-corrected chi connectivity index (χ4v) is 2.52. The summed E-state index contributed by atoms with van der Waals surface area (Å²) in [6.45, 7) is 0.471. The Labute approximate surface area is 146 Å². The van der Waals surface area contributed by atoms with Crippen LogP contribution < -0.4 is 4.74 Å². The van der Waals surface area contributed by atoms with Crippen molar-refractivity contribution in [1.82, 2.24) is 0 Å². The summed E-state index contributed by atoms with van der Waals surface area (Å²) in [5.41, 5.74) is 3.73. The van der Waals surface area contributed by atoms with E-state index in [9.17, 15) is 10.1 Å². The van der Waals surface area contributed by atoms with E-state index in [2.05, 4.69) is 0 Å². The molecule has 0 amide bonds. The van der Waals surface area contributed by atoms with Crippen LogP contribution in [0.2, 0.25) is 0 Å². The van der Waals surface area contributed by atoms with Gasteiger partial charge in [0.05, 0.1) is 4.92 Å². The predicted octanol–water partition coefficient (Wildman–Crippen LogP) is 5.18. The largest absolute Gasteiger partial charge is 0.489 e. The van der Waals surface area contributed by atoms with Crippen LogP contribution in [0.25, 0.3) is 17.2 Å². The first kappa shape index (κ1) is 16.5. The lowest BCUT2D eigenvalue weighted by Gasteiger charge is -2.11. The van der Waals surface area contributed by atoms with Gasteiger partial charge in [-0.15, -0.1) is 0 Å². The molecule has 0 aliphatic heterocycles. The van der Waals surface area contributed by atoms with Gasteiger partial charge in [0.2, 0.25) is 6.20 Å². The molecule has 0 radical (unpaired) electrons. The third-order valence-corrected chi connectivity index (χ3v) is 3.73. The van der Waals surface area contributed by atoms with E-state index in [1.165, 1.54) is 6.08 Å². The van der Waals surface area contributed by atoms with Crippen molar-refractivity contribution < 1.29 is 9.66 Å². The Balaban J connectivity index is 1.90. The summed E-state index contributed by atoms with van der Waals surface area (Å²) in [4.78, 5) is 10.2. The van der Waals surface area contributed by atoms with Crippen molar-refractivity contribution in [2.45, 2.75) is 6.61 Å². The highest BCUT2D eigenvalue weighted by atomic mass is 16.6. The molecule has 3 aromatic carbocycles. The topological polar surface area (TPSA) is 52.4 Å². The molecule has 0 unspecified atom stereocenters. The Morgan fingerprint density at radius 1 is 0.920 bits per heavy atom. The zero-order valence-corrected chi connectivity index (χ0v) is 13.5. The van der Waals surface area contributed by atoms with Crippen LogP contribution in [-0.4, -0.2) is 4.92 Å². The minimum absolute atomic E-state index is 0.464. The van der Waals surface area contributed by atoms with Gasteiger partial charge in [-0.05, 0) is 34.4 Å². The number of hydrogen-bond acceptors (Lipinski definition) is 3. The molecule has 0 atom stereocenters. The molecule has 0 aromatic heterocycles. The lowest BCUT2D eigenvalue weighted by Crippen LogP contribution is -1.96. The second-order valence-electron chi connectivity index (χ2n) is 5.49. The van der Waals surface area contributed by atoms with Crippen LogP contribution in [0.1, 0.15) is 11.1 Å². The normalized spacial score (nSPS) is 10.7. The van der Waals surface area contributed by atoms with Gasteiger partial charge in [-0.1, -0.05) is 66.7 Å². The summed E-state index contributed by atoms with van der Waals surface area (Å²) >= 11 is 0. The van der Waals surface area contributed by atoms with Crippen LogP contribution in [0.3, 0.4) is 0 Å². The van der Waals surface area contributed by atoms with E-state index < -0.39 is 4.92 Å². The Hall–Kier alpha value is -3.40. The van der Waals surface area contributed by atoms with Crippen molar-refractivity contribution in [3.63, 3.8) is 0 Å².